The van der Waals surface area contributed by atoms with E-state index in [1.807, 2.05) is 21.9 Å². The lowest BCUT2D eigenvalue weighted by Gasteiger charge is -2.30. The summed E-state index contributed by atoms with van der Waals surface area (Å²) in [6.07, 6.45) is 4.04. The van der Waals surface area contributed by atoms with E-state index in [0.29, 0.717) is 19.0 Å². The maximum absolute atomic E-state index is 12.9. The summed E-state index contributed by atoms with van der Waals surface area (Å²) >= 11 is 0. The molecule has 5 nitrogen and oxygen atoms in total. The van der Waals surface area contributed by atoms with Gasteiger partial charge in [-0.2, -0.15) is 0 Å². The zero-order valence-electron chi connectivity index (χ0n) is 13.4. The molecule has 0 N–H and O–H groups in total. The molecule has 0 bridgehead atoms. The van der Waals surface area contributed by atoms with Crippen LogP contribution in [0.1, 0.15) is 17.5 Å². The highest BCUT2D eigenvalue weighted by molar-refractivity contribution is 5.80. The number of hydrogen-bond acceptors (Lipinski definition) is 4. The second kappa shape index (κ2) is 6.19. The van der Waals surface area contributed by atoms with Gasteiger partial charge in [-0.3, -0.25) is 4.79 Å². The SMILES string of the molecule is O=C(C1CCN(c2ncc(F)cn2)C1)N1CCc2ccccc2C1. The summed E-state index contributed by atoms with van der Waals surface area (Å²) in [7, 11) is 0. The van der Waals surface area contributed by atoms with Gasteiger partial charge < -0.3 is 9.80 Å². The van der Waals surface area contributed by atoms with Crippen LogP contribution in [0.15, 0.2) is 36.7 Å². The molecule has 6 heteroatoms. The van der Waals surface area contributed by atoms with Crippen molar-refractivity contribution in [3.8, 4) is 0 Å². The molecule has 2 aliphatic heterocycles. The average Bonchev–Trinajstić information content (AvgIpc) is 3.11. The van der Waals surface area contributed by atoms with Crippen molar-refractivity contribution >= 4 is 11.9 Å². The van der Waals surface area contributed by atoms with Crippen LogP contribution in [-0.2, 0) is 17.8 Å². The van der Waals surface area contributed by atoms with Crippen LogP contribution in [-0.4, -0.2) is 40.4 Å². The Labute approximate surface area is 140 Å². The first-order valence-corrected chi connectivity index (χ1v) is 8.29. The van der Waals surface area contributed by atoms with Gasteiger partial charge in [0, 0.05) is 26.2 Å². The van der Waals surface area contributed by atoms with Crippen molar-refractivity contribution in [3.63, 3.8) is 0 Å². The van der Waals surface area contributed by atoms with Crippen LogP contribution in [0.25, 0.3) is 0 Å². The van der Waals surface area contributed by atoms with E-state index in [2.05, 4.69) is 22.1 Å². The Balaban J connectivity index is 1.42. The molecule has 1 aromatic carbocycles. The van der Waals surface area contributed by atoms with Crippen LogP contribution in [0.4, 0.5) is 10.3 Å². The molecule has 1 atom stereocenters. The number of fused-ring (bicyclic) bond motifs is 1. The second-order valence-electron chi connectivity index (χ2n) is 6.41. The number of benzene rings is 1. The number of carbonyl (C=O) groups excluding carboxylic acids is 1. The van der Waals surface area contributed by atoms with Crippen molar-refractivity contribution < 1.29 is 9.18 Å². The molecule has 0 aliphatic carbocycles. The monoisotopic (exact) mass is 326 g/mol. The van der Waals surface area contributed by atoms with Crippen LogP contribution in [0.2, 0.25) is 0 Å². The minimum atomic E-state index is -0.447. The maximum atomic E-state index is 12.9. The van der Waals surface area contributed by atoms with Gasteiger partial charge in [0.1, 0.15) is 0 Å². The quantitative estimate of drug-likeness (QED) is 0.847. The summed E-state index contributed by atoms with van der Waals surface area (Å²) in [4.78, 5) is 24.8. The number of halogens is 1. The molecule has 0 spiro atoms. The standard InChI is InChI=1S/C18H19FN4O/c19-16-9-20-18(21-10-16)23-8-6-15(12-23)17(24)22-7-5-13-3-1-2-4-14(13)11-22/h1-4,9-10,15H,5-8,11-12H2. The molecule has 0 radical (unpaired) electrons. The first-order chi connectivity index (χ1) is 11.7. The molecular weight excluding hydrogens is 307 g/mol. The number of carbonyl (C=O) groups is 1. The van der Waals surface area contributed by atoms with Gasteiger partial charge in [-0.05, 0) is 24.0 Å². The third kappa shape index (κ3) is 2.84. The van der Waals surface area contributed by atoms with Crippen molar-refractivity contribution in [2.45, 2.75) is 19.4 Å². The zero-order valence-corrected chi connectivity index (χ0v) is 13.4. The fourth-order valence-corrected chi connectivity index (χ4v) is 3.55. The normalized spacial score (nSPS) is 20.1. The molecule has 4 rings (SSSR count). The summed E-state index contributed by atoms with van der Waals surface area (Å²) in [5.74, 6) is 0.214. The summed E-state index contributed by atoms with van der Waals surface area (Å²) in [5.41, 5.74) is 2.59. The lowest BCUT2D eigenvalue weighted by Crippen LogP contribution is -2.40. The van der Waals surface area contributed by atoms with Crippen LogP contribution in [0, 0.1) is 11.7 Å². The second-order valence-corrected chi connectivity index (χ2v) is 6.41. The Bertz CT molecular complexity index is 749. The number of anilines is 1. The van der Waals surface area contributed by atoms with Crippen LogP contribution < -0.4 is 4.90 Å². The summed E-state index contributed by atoms with van der Waals surface area (Å²) in [5, 5.41) is 0. The Morgan fingerprint density at radius 3 is 2.67 bits per heavy atom. The van der Waals surface area contributed by atoms with E-state index < -0.39 is 5.82 Å². The molecule has 1 aromatic heterocycles. The summed E-state index contributed by atoms with van der Waals surface area (Å²) < 4.78 is 12.9. The third-order valence-corrected chi connectivity index (χ3v) is 4.87. The molecule has 0 saturated carbocycles. The molecule has 24 heavy (non-hydrogen) atoms. The fraction of sp³-hybridized carbons (Fsp3) is 0.389. The zero-order chi connectivity index (χ0) is 16.5. The van der Waals surface area contributed by atoms with Crippen molar-refractivity contribution in [2.24, 2.45) is 5.92 Å². The highest BCUT2D eigenvalue weighted by atomic mass is 19.1. The molecule has 3 heterocycles. The fourth-order valence-electron chi connectivity index (χ4n) is 3.55. The minimum absolute atomic E-state index is 0.0380. The Hall–Kier alpha value is -2.50. The van der Waals surface area contributed by atoms with Crippen molar-refractivity contribution in [3.05, 3.63) is 53.6 Å². The molecule has 1 amide bonds. The van der Waals surface area contributed by atoms with Crippen molar-refractivity contribution in [2.75, 3.05) is 24.5 Å². The molecular formula is C18H19FN4O. The van der Waals surface area contributed by atoms with Gasteiger partial charge in [-0.25, -0.2) is 14.4 Å². The molecule has 1 fully saturated rings. The van der Waals surface area contributed by atoms with Gasteiger partial charge in [0.25, 0.3) is 0 Å². The molecule has 1 saturated heterocycles. The first-order valence-electron chi connectivity index (χ1n) is 8.29. The highest BCUT2D eigenvalue weighted by Gasteiger charge is 2.33. The predicted molar refractivity (Wildman–Crippen MR) is 87.9 cm³/mol. The van der Waals surface area contributed by atoms with Crippen LogP contribution >= 0.6 is 0 Å². The van der Waals surface area contributed by atoms with E-state index in [1.165, 1.54) is 23.5 Å². The van der Waals surface area contributed by atoms with E-state index in [-0.39, 0.29) is 11.8 Å². The third-order valence-electron chi connectivity index (χ3n) is 4.87. The van der Waals surface area contributed by atoms with E-state index in [9.17, 15) is 9.18 Å². The van der Waals surface area contributed by atoms with Gasteiger partial charge in [0.15, 0.2) is 5.82 Å². The Morgan fingerprint density at radius 2 is 1.88 bits per heavy atom. The average molecular weight is 326 g/mol. The van der Waals surface area contributed by atoms with E-state index in [4.69, 9.17) is 0 Å². The Morgan fingerprint density at radius 1 is 1.12 bits per heavy atom. The number of aromatic nitrogens is 2. The number of amides is 1. The highest BCUT2D eigenvalue weighted by Crippen LogP contribution is 2.25. The van der Waals surface area contributed by atoms with Gasteiger partial charge in [-0.15, -0.1) is 0 Å². The number of hydrogen-bond donors (Lipinski definition) is 0. The number of rotatable bonds is 2. The lowest BCUT2D eigenvalue weighted by atomic mass is 9.98. The molecule has 2 aromatic rings. The van der Waals surface area contributed by atoms with Crippen LogP contribution in [0.3, 0.4) is 0 Å². The predicted octanol–water partition coefficient (Wildman–Crippen LogP) is 2.03. The van der Waals surface area contributed by atoms with E-state index in [0.717, 1.165) is 25.9 Å². The van der Waals surface area contributed by atoms with E-state index in [1.54, 1.807) is 0 Å². The van der Waals surface area contributed by atoms with Crippen molar-refractivity contribution in [1.29, 1.82) is 0 Å². The van der Waals surface area contributed by atoms with E-state index >= 15 is 0 Å². The smallest absolute Gasteiger partial charge is 0.227 e. The largest absolute Gasteiger partial charge is 0.340 e. The minimum Gasteiger partial charge on any atom is -0.340 e. The molecule has 1 unspecified atom stereocenters. The first kappa shape index (κ1) is 15.1. The summed E-state index contributed by atoms with van der Waals surface area (Å²) in [6, 6.07) is 8.31. The lowest BCUT2D eigenvalue weighted by molar-refractivity contribution is -0.135. The molecule has 124 valence electrons. The van der Waals surface area contributed by atoms with Crippen molar-refractivity contribution in [1.82, 2.24) is 14.9 Å². The molecule has 2 aliphatic rings. The Kier molecular flexibility index (Phi) is 3.88. The van der Waals surface area contributed by atoms with Gasteiger partial charge >= 0.3 is 0 Å². The van der Waals surface area contributed by atoms with Gasteiger partial charge in [0.05, 0.1) is 18.3 Å². The maximum Gasteiger partial charge on any atom is 0.227 e. The summed E-state index contributed by atoms with van der Waals surface area (Å²) in [6.45, 7) is 2.80. The van der Waals surface area contributed by atoms with Gasteiger partial charge in [-0.1, -0.05) is 24.3 Å². The van der Waals surface area contributed by atoms with Gasteiger partial charge in [0.2, 0.25) is 11.9 Å². The van der Waals surface area contributed by atoms with Crippen LogP contribution in [0.5, 0.6) is 0 Å². The number of nitrogens with zero attached hydrogens (tertiary/aromatic N) is 4. The topological polar surface area (TPSA) is 49.3 Å².